The molecular formula is C7H5FNNaO4S. The maximum atomic E-state index is 12.6. The molecule has 76 valence electrons. The number of nitrogens with one attached hydrogen (secondary N) is 1. The molecule has 1 amide bonds. The van der Waals surface area contributed by atoms with Gasteiger partial charge >= 0.3 is 29.6 Å². The molecule has 0 saturated heterocycles. The van der Waals surface area contributed by atoms with E-state index >= 15 is 0 Å². The summed E-state index contributed by atoms with van der Waals surface area (Å²) >= 11 is 0. The number of hydrogen-bond acceptors (Lipinski definition) is 3. The maximum absolute atomic E-state index is 12.6. The van der Waals surface area contributed by atoms with Gasteiger partial charge in [-0.15, -0.1) is 0 Å². The maximum Gasteiger partial charge on any atom is 1.00 e. The summed E-state index contributed by atoms with van der Waals surface area (Å²) in [6.45, 7) is 0. The van der Waals surface area contributed by atoms with Crippen molar-refractivity contribution in [2.24, 2.45) is 0 Å². The van der Waals surface area contributed by atoms with E-state index in [0.29, 0.717) is 6.07 Å². The molecule has 15 heavy (non-hydrogen) atoms. The molecule has 0 radical (unpaired) electrons. The summed E-state index contributed by atoms with van der Waals surface area (Å²) in [4.78, 5) is 9.70. The number of halogens is 1. The van der Waals surface area contributed by atoms with Gasteiger partial charge in [0, 0.05) is 5.56 Å². The minimum absolute atomic E-state index is 0. The summed E-state index contributed by atoms with van der Waals surface area (Å²) in [5, 5.41) is 0. The number of benzene rings is 1. The van der Waals surface area contributed by atoms with Crippen LogP contribution in [0.15, 0.2) is 23.1 Å². The number of amides is 1. The van der Waals surface area contributed by atoms with Gasteiger partial charge in [-0.2, -0.15) is 8.42 Å². The SMILES string of the molecule is [NH-]C(=O)c1ccc(F)cc1S(=O)(=O)O.[Na+]. The van der Waals surface area contributed by atoms with Crippen molar-refractivity contribution >= 4 is 16.0 Å². The third-order valence-corrected chi connectivity index (χ3v) is 2.36. The van der Waals surface area contributed by atoms with Crippen LogP contribution in [0, 0.1) is 5.82 Å². The second-order valence-electron chi connectivity index (χ2n) is 2.44. The molecule has 1 aromatic rings. The van der Waals surface area contributed by atoms with Crippen LogP contribution in [-0.2, 0) is 10.1 Å². The third kappa shape index (κ3) is 3.54. The average Bonchev–Trinajstić information content (AvgIpc) is 2.01. The summed E-state index contributed by atoms with van der Waals surface area (Å²) in [6.07, 6.45) is 0. The Balaban J connectivity index is 0.00000196. The van der Waals surface area contributed by atoms with Crippen molar-refractivity contribution in [3.05, 3.63) is 35.3 Å². The van der Waals surface area contributed by atoms with Crippen LogP contribution in [0.25, 0.3) is 5.73 Å². The number of hydrogen-bond donors (Lipinski definition) is 1. The molecule has 0 bridgehead atoms. The van der Waals surface area contributed by atoms with Gasteiger partial charge in [0.1, 0.15) is 10.7 Å². The summed E-state index contributed by atoms with van der Waals surface area (Å²) in [5.41, 5.74) is 6.11. The predicted octanol–water partition coefficient (Wildman–Crippen LogP) is -1.73. The van der Waals surface area contributed by atoms with E-state index in [0.717, 1.165) is 12.1 Å². The van der Waals surface area contributed by atoms with Crippen LogP contribution in [0.5, 0.6) is 0 Å². The molecule has 8 heteroatoms. The van der Waals surface area contributed by atoms with Crippen molar-refractivity contribution in [2.45, 2.75) is 4.90 Å². The molecule has 0 fully saturated rings. The summed E-state index contributed by atoms with van der Waals surface area (Å²) < 4.78 is 42.5. The molecule has 2 N–H and O–H groups in total. The predicted molar refractivity (Wildman–Crippen MR) is 44.9 cm³/mol. The monoisotopic (exact) mass is 241 g/mol. The zero-order valence-corrected chi connectivity index (χ0v) is 10.5. The van der Waals surface area contributed by atoms with Crippen LogP contribution in [-0.4, -0.2) is 18.9 Å². The normalized spacial score (nSPS) is 10.5. The van der Waals surface area contributed by atoms with Crippen molar-refractivity contribution in [1.29, 1.82) is 0 Å². The van der Waals surface area contributed by atoms with Crippen LogP contribution < -0.4 is 29.6 Å². The molecule has 0 saturated carbocycles. The molecule has 0 aliphatic carbocycles. The van der Waals surface area contributed by atoms with E-state index in [2.05, 4.69) is 0 Å². The molecule has 0 spiro atoms. The third-order valence-electron chi connectivity index (χ3n) is 1.47. The molecule has 0 atom stereocenters. The molecule has 5 nitrogen and oxygen atoms in total. The molecule has 0 aliphatic heterocycles. The zero-order chi connectivity index (χ0) is 10.9. The fraction of sp³-hybridized carbons (Fsp3) is 0. The van der Waals surface area contributed by atoms with Crippen LogP contribution in [0.3, 0.4) is 0 Å². The van der Waals surface area contributed by atoms with Crippen molar-refractivity contribution < 1.29 is 51.7 Å². The van der Waals surface area contributed by atoms with Crippen molar-refractivity contribution in [3.63, 3.8) is 0 Å². The average molecular weight is 241 g/mol. The smallest absolute Gasteiger partial charge is 0.664 e. The van der Waals surface area contributed by atoms with Crippen LogP contribution in [0.1, 0.15) is 10.4 Å². The summed E-state index contributed by atoms with van der Waals surface area (Å²) in [7, 11) is -4.68. The minimum atomic E-state index is -4.68. The minimum Gasteiger partial charge on any atom is -0.664 e. The Bertz CT molecular complexity index is 488. The molecule has 0 aromatic heterocycles. The Hall–Kier alpha value is -0.470. The van der Waals surface area contributed by atoms with Gasteiger partial charge in [-0.25, -0.2) is 4.39 Å². The first-order chi connectivity index (χ1) is 6.32. The Labute approximate surface area is 108 Å². The van der Waals surface area contributed by atoms with E-state index in [4.69, 9.17) is 10.3 Å². The first kappa shape index (κ1) is 14.5. The molecule has 1 aromatic carbocycles. The number of carbonyl (C=O) groups is 1. The van der Waals surface area contributed by atoms with Gasteiger partial charge in [-0.3, -0.25) is 4.55 Å². The van der Waals surface area contributed by atoms with Crippen molar-refractivity contribution in [1.82, 2.24) is 0 Å². The van der Waals surface area contributed by atoms with E-state index in [1.165, 1.54) is 0 Å². The Morgan fingerprint density at radius 2 is 1.93 bits per heavy atom. The summed E-state index contributed by atoms with van der Waals surface area (Å²) in [5.74, 6) is -2.22. The van der Waals surface area contributed by atoms with Crippen LogP contribution in [0.4, 0.5) is 4.39 Å². The van der Waals surface area contributed by atoms with Crippen molar-refractivity contribution in [2.75, 3.05) is 0 Å². The van der Waals surface area contributed by atoms with E-state index in [-0.39, 0.29) is 29.6 Å². The van der Waals surface area contributed by atoms with Gasteiger partial charge in [-0.05, 0) is 18.2 Å². The summed E-state index contributed by atoms with van der Waals surface area (Å²) in [6, 6.07) is 2.14. The molecule has 1 rings (SSSR count). The fourth-order valence-corrected chi connectivity index (χ4v) is 1.60. The standard InChI is InChI=1S/C7H6FNO4S.Na/c8-4-1-2-5(7(9)10)6(3-4)14(11,12)13;/h1-3H,(H3,9,10,11,12,13);/q;+1/p-1. The van der Waals surface area contributed by atoms with Gasteiger partial charge in [-0.1, -0.05) is 0 Å². The van der Waals surface area contributed by atoms with E-state index in [9.17, 15) is 17.6 Å². The Morgan fingerprint density at radius 1 is 1.40 bits per heavy atom. The molecular weight excluding hydrogens is 236 g/mol. The fourth-order valence-electron chi connectivity index (χ4n) is 0.897. The molecule has 0 aliphatic rings. The second kappa shape index (κ2) is 5.04. The molecule has 0 unspecified atom stereocenters. The van der Waals surface area contributed by atoms with Crippen molar-refractivity contribution in [3.8, 4) is 0 Å². The first-order valence-corrected chi connectivity index (χ1v) is 4.79. The van der Waals surface area contributed by atoms with Gasteiger partial charge in [0.25, 0.3) is 10.1 Å². The largest absolute Gasteiger partial charge is 1.00 e. The van der Waals surface area contributed by atoms with Gasteiger partial charge < -0.3 is 10.5 Å². The van der Waals surface area contributed by atoms with Gasteiger partial charge in [0.2, 0.25) is 0 Å². The van der Waals surface area contributed by atoms with Gasteiger partial charge in [0.05, 0.1) is 5.91 Å². The zero-order valence-electron chi connectivity index (χ0n) is 7.69. The molecule has 0 heterocycles. The number of carbonyl (C=O) groups excluding carboxylic acids is 1. The van der Waals surface area contributed by atoms with E-state index < -0.39 is 32.3 Å². The topological polar surface area (TPSA) is 95.2 Å². The Kier molecular flexibility index (Phi) is 4.88. The van der Waals surface area contributed by atoms with E-state index in [1.807, 2.05) is 0 Å². The Morgan fingerprint density at radius 3 is 2.33 bits per heavy atom. The quantitative estimate of drug-likeness (QED) is 0.491. The van der Waals surface area contributed by atoms with Crippen LogP contribution >= 0.6 is 0 Å². The first-order valence-electron chi connectivity index (χ1n) is 3.35. The van der Waals surface area contributed by atoms with E-state index in [1.54, 1.807) is 0 Å². The van der Waals surface area contributed by atoms with Gasteiger partial charge in [0.15, 0.2) is 0 Å². The van der Waals surface area contributed by atoms with Crippen LogP contribution in [0.2, 0.25) is 0 Å². The second-order valence-corrected chi connectivity index (χ2v) is 3.83. The number of rotatable bonds is 2.